The fourth-order valence-electron chi connectivity index (χ4n) is 3.73. The molecule has 1 aliphatic heterocycles. The number of benzene rings is 2. The van der Waals surface area contributed by atoms with Crippen molar-refractivity contribution >= 4 is 32.5 Å². The molecule has 1 N–H and O–H groups in total. The van der Waals surface area contributed by atoms with Gasteiger partial charge < -0.3 is 9.47 Å². The normalized spacial score (nSPS) is 15.0. The Labute approximate surface area is 164 Å². The van der Waals surface area contributed by atoms with Crippen LogP contribution in [0.15, 0.2) is 59.6 Å². The molecule has 0 atom stereocenters. The third kappa shape index (κ3) is 3.49. The first-order valence-corrected chi connectivity index (χ1v) is 10.9. The molecule has 4 rings (SSSR count). The quantitative estimate of drug-likeness (QED) is 0.733. The van der Waals surface area contributed by atoms with Gasteiger partial charge in [0, 0.05) is 48.5 Å². The van der Waals surface area contributed by atoms with Crippen molar-refractivity contribution in [2.75, 3.05) is 18.0 Å². The largest absolute Gasteiger partial charge is 0.372 e. The molecule has 0 radical (unpaired) electrons. The third-order valence-corrected chi connectivity index (χ3v) is 6.59. The number of fused-ring (bicyclic) bond motifs is 1. The summed E-state index contributed by atoms with van der Waals surface area (Å²) >= 11 is 0. The van der Waals surface area contributed by atoms with Crippen LogP contribution in [0, 0.1) is 0 Å². The highest BCUT2D eigenvalue weighted by Crippen LogP contribution is 2.25. The summed E-state index contributed by atoms with van der Waals surface area (Å²) in [6, 6.07) is 14.3. The lowest BCUT2D eigenvalue weighted by Gasteiger charge is -2.28. The first-order valence-electron chi connectivity index (χ1n) is 9.42. The number of amides is 1. The van der Waals surface area contributed by atoms with Crippen LogP contribution in [0.4, 0.5) is 5.69 Å². The van der Waals surface area contributed by atoms with Crippen molar-refractivity contribution in [2.24, 2.45) is 7.05 Å². The summed E-state index contributed by atoms with van der Waals surface area (Å²) in [6.07, 6.45) is 5.12. The van der Waals surface area contributed by atoms with E-state index in [0.717, 1.165) is 24.3 Å². The minimum absolute atomic E-state index is 0.101. The number of piperidine rings is 1. The number of anilines is 1. The van der Waals surface area contributed by atoms with Crippen LogP contribution < -0.4 is 9.62 Å². The van der Waals surface area contributed by atoms with Gasteiger partial charge in [-0.1, -0.05) is 18.2 Å². The van der Waals surface area contributed by atoms with Crippen LogP contribution in [-0.2, 0) is 17.1 Å². The first-order chi connectivity index (χ1) is 13.5. The third-order valence-electron chi connectivity index (χ3n) is 5.23. The van der Waals surface area contributed by atoms with Gasteiger partial charge in [-0.15, -0.1) is 0 Å². The maximum absolute atomic E-state index is 12.8. The number of carbonyl (C=O) groups is 1. The summed E-state index contributed by atoms with van der Waals surface area (Å²) < 4.78 is 29.5. The number of sulfonamides is 1. The Morgan fingerprint density at radius 3 is 2.36 bits per heavy atom. The number of para-hydroxylation sites is 1. The van der Waals surface area contributed by atoms with Crippen molar-refractivity contribution in [2.45, 2.75) is 24.2 Å². The second-order valence-corrected chi connectivity index (χ2v) is 8.80. The number of carbonyl (C=O) groups excluding carboxylic acids is 1. The highest BCUT2D eigenvalue weighted by atomic mass is 32.2. The number of hydrogen-bond acceptors (Lipinski definition) is 4. The lowest BCUT2D eigenvalue weighted by Crippen LogP contribution is -2.31. The fraction of sp³-hybridized carbons (Fsp3) is 0.286. The molecule has 0 unspecified atom stereocenters. The minimum atomic E-state index is -3.97. The molecule has 146 valence electrons. The average Bonchev–Trinajstić information content (AvgIpc) is 3.06. The van der Waals surface area contributed by atoms with Gasteiger partial charge in [0.25, 0.3) is 15.9 Å². The number of aromatic nitrogens is 1. The molecule has 1 fully saturated rings. The van der Waals surface area contributed by atoms with Crippen LogP contribution in [0.25, 0.3) is 10.9 Å². The van der Waals surface area contributed by atoms with Crippen LogP contribution in [-0.4, -0.2) is 32.0 Å². The van der Waals surface area contributed by atoms with Gasteiger partial charge in [0.1, 0.15) is 4.90 Å². The molecule has 7 heteroatoms. The van der Waals surface area contributed by atoms with E-state index in [9.17, 15) is 13.2 Å². The first kappa shape index (κ1) is 18.6. The lowest BCUT2D eigenvalue weighted by atomic mass is 10.1. The molecule has 0 bridgehead atoms. The number of nitrogens with zero attached hydrogens (tertiary/aromatic N) is 2. The predicted octanol–water partition coefficient (Wildman–Crippen LogP) is 3.29. The second kappa shape index (κ2) is 7.31. The number of rotatable bonds is 4. The van der Waals surface area contributed by atoms with E-state index >= 15 is 0 Å². The van der Waals surface area contributed by atoms with Gasteiger partial charge >= 0.3 is 0 Å². The molecule has 3 aromatic rings. The van der Waals surface area contributed by atoms with Gasteiger partial charge in [0.2, 0.25) is 0 Å². The number of aryl methyl sites for hydroxylation is 1. The van der Waals surface area contributed by atoms with E-state index in [2.05, 4.69) is 9.62 Å². The Hall–Kier alpha value is -2.80. The number of hydrogen-bond donors (Lipinski definition) is 1. The average molecular weight is 398 g/mol. The Kier molecular flexibility index (Phi) is 4.85. The number of nitrogens with one attached hydrogen (secondary N) is 1. The van der Waals surface area contributed by atoms with Crippen LogP contribution in [0.2, 0.25) is 0 Å². The zero-order chi connectivity index (χ0) is 19.7. The van der Waals surface area contributed by atoms with E-state index in [1.54, 1.807) is 35.9 Å². The molecule has 1 amide bonds. The summed E-state index contributed by atoms with van der Waals surface area (Å²) in [6.45, 7) is 2.03. The van der Waals surface area contributed by atoms with E-state index in [0.29, 0.717) is 10.9 Å². The minimum Gasteiger partial charge on any atom is -0.372 e. The molecule has 6 nitrogen and oxygen atoms in total. The van der Waals surface area contributed by atoms with E-state index < -0.39 is 15.9 Å². The molecule has 2 heterocycles. The Balaban J connectivity index is 1.55. The highest BCUT2D eigenvalue weighted by Gasteiger charge is 2.23. The summed E-state index contributed by atoms with van der Waals surface area (Å²) in [5.74, 6) is -0.627. The molecule has 1 aliphatic rings. The molecular weight excluding hydrogens is 374 g/mol. The molecule has 2 aromatic carbocycles. The highest BCUT2D eigenvalue weighted by molar-refractivity contribution is 7.90. The molecular formula is C21H23N3O3S. The maximum atomic E-state index is 12.8. The van der Waals surface area contributed by atoms with Crippen LogP contribution >= 0.6 is 0 Å². The van der Waals surface area contributed by atoms with Crippen molar-refractivity contribution < 1.29 is 13.2 Å². The topological polar surface area (TPSA) is 71.4 Å². The Bertz CT molecular complexity index is 1110. The SMILES string of the molecule is Cn1cc(S(=O)(=O)NC(=O)c2ccc(N3CCCCC3)cc2)c2ccccc21. The van der Waals surface area contributed by atoms with Crippen molar-refractivity contribution in [1.29, 1.82) is 0 Å². The molecule has 28 heavy (non-hydrogen) atoms. The van der Waals surface area contributed by atoms with Gasteiger partial charge in [-0.05, 0) is 49.6 Å². The predicted molar refractivity (Wildman–Crippen MR) is 110 cm³/mol. The standard InChI is InChI=1S/C21H23N3O3S/c1-23-15-20(18-7-3-4-8-19(18)23)28(26,27)22-21(25)16-9-11-17(12-10-16)24-13-5-2-6-14-24/h3-4,7-12,15H,2,5-6,13-14H2,1H3,(H,22,25). The van der Waals surface area contributed by atoms with E-state index in [4.69, 9.17) is 0 Å². The van der Waals surface area contributed by atoms with Crippen molar-refractivity contribution in [1.82, 2.24) is 9.29 Å². The van der Waals surface area contributed by atoms with Gasteiger partial charge in [-0.2, -0.15) is 0 Å². The summed E-state index contributed by atoms with van der Waals surface area (Å²) in [5.41, 5.74) is 2.18. The monoisotopic (exact) mass is 397 g/mol. The van der Waals surface area contributed by atoms with Crippen LogP contribution in [0.5, 0.6) is 0 Å². The maximum Gasteiger partial charge on any atom is 0.266 e. The van der Waals surface area contributed by atoms with E-state index in [1.807, 2.05) is 24.3 Å². The fourth-order valence-corrected chi connectivity index (χ4v) is 4.96. The molecule has 1 aromatic heterocycles. The molecule has 0 saturated carbocycles. The summed E-state index contributed by atoms with van der Waals surface area (Å²) in [5, 5.41) is 0.589. The molecule has 0 spiro atoms. The summed E-state index contributed by atoms with van der Waals surface area (Å²) in [4.78, 5) is 14.9. The van der Waals surface area contributed by atoms with Gasteiger partial charge in [-0.25, -0.2) is 13.1 Å². The Morgan fingerprint density at radius 1 is 0.964 bits per heavy atom. The van der Waals surface area contributed by atoms with E-state index in [-0.39, 0.29) is 4.90 Å². The zero-order valence-corrected chi connectivity index (χ0v) is 16.6. The molecule has 0 aliphatic carbocycles. The van der Waals surface area contributed by atoms with Gasteiger partial charge in [-0.3, -0.25) is 4.79 Å². The smallest absolute Gasteiger partial charge is 0.266 e. The van der Waals surface area contributed by atoms with Gasteiger partial charge in [0.15, 0.2) is 0 Å². The van der Waals surface area contributed by atoms with Crippen molar-refractivity contribution in [3.8, 4) is 0 Å². The second-order valence-electron chi connectivity index (χ2n) is 7.15. The van der Waals surface area contributed by atoms with Crippen molar-refractivity contribution in [3.63, 3.8) is 0 Å². The van der Waals surface area contributed by atoms with E-state index in [1.165, 1.54) is 25.5 Å². The van der Waals surface area contributed by atoms with Crippen molar-refractivity contribution in [3.05, 3.63) is 60.3 Å². The lowest BCUT2D eigenvalue weighted by molar-refractivity contribution is 0.0981. The van der Waals surface area contributed by atoms with Crippen LogP contribution in [0.3, 0.4) is 0 Å². The Morgan fingerprint density at radius 2 is 1.64 bits per heavy atom. The van der Waals surface area contributed by atoms with Gasteiger partial charge in [0.05, 0.1) is 0 Å². The van der Waals surface area contributed by atoms with Crippen LogP contribution in [0.1, 0.15) is 29.6 Å². The zero-order valence-electron chi connectivity index (χ0n) is 15.8. The summed E-state index contributed by atoms with van der Waals surface area (Å²) in [7, 11) is -2.19. The molecule has 1 saturated heterocycles.